The predicted molar refractivity (Wildman–Crippen MR) is 104 cm³/mol. The predicted octanol–water partition coefficient (Wildman–Crippen LogP) is 5.68. The van der Waals surface area contributed by atoms with Gasteiger partial charge in [-0.05, 0) is 49.1 Å². The lowest BCUT2D eigenvalue weighted by atomic mass is 9.87. The smallest absolute Gasteiger partial charge is 0.342 e. The summed E-state index contributed by atoms with van der Waals surface area (Å²) in [6, 6.07) is 5.07. The van der Waals surface area contributed by atoms with Crippen molar-refractivity contribution in [3.05, 3.63) is 54.6 Å². The van der Waals surface area contributed by atoms with Crippen LogP contribution in [0, 0.1) is 11.8 Å². The van der Waals surface area contributed by atoms with Gasteiger partial charge in [-0.3, -0.25) is 0 Å². The summed E-state index contributed by atoms with van der Waals surface area (Å²) in [5.74, 6) is 0.445. The van der Waals surface area contributed by atoms with Crippen LogP contribution in [0.5, 0.6) is 5.75 Å². The average Bonchev–Trinajstić information content (AvgIpc) is 2.55. The molecule has 1 aromatic rings. The van der Waals surface area contributed by atoms with Crippen molar-refractivity contribution in [1.82, 2.24) is 0 Å². The lowest BCUT2D eigenvalue weighted by Crippen LogP contribution is -2.23. The molecule has 0 aromatic heterocycles. The number of carbonyl (C=O) groups excluding carboxylic acids is 1. The van der Waals surface area contributed by atoms with Crippen molar-refractivity contribution in [2.45, 2.75) is 59.0 Å². The SMILES string of the molecule is C=CCc1cccc(O)c1C(=O)OC(CCC)CC(C)[C@@H](C)CC=C. The van der Waals surface area contributed by atoms with Crippen LogP contribution in [0.25, 0.3) is 0 Å². The molecule has 25 heavy (non-hydrogen) atoms. The number of hydrogen-bond donors (Lipinski definition) is 1. The third-order valence-corrected chi connectivity index (χ3v) is 4.73. The van der Waals surface area contributed by atoms with Crippen molar-refractivity contribution in [1.29, 1.82) is 0 Å². The van der Waals surface area contributed by atoms with Crippen LogP contribution in [0.1, 0.15) is 62.4 Å². The summed E-state index contributed by atoms with van der Waals surface area (Å²) in [5.41, 5.74) is 0.999. The van der Waals surface area contributed by atoms with Crippen LogP contribution >= 0.6 is 0 Å². The van der Waals surface area contributed by atoms with E-state index >= 15 is 0 Å². The van der Waals surface area contributed by atoms with E-state index in [1.165, 1.54) is 6.07 Å². The van der Waals surface area contributed by atoms with Gasteiger partial charge in [-0.25, -0.2) is 4.79 Å². The number of hydrogen-bond acceptors (Lipinski definition) is 3. The molecule has 0 aliphatic heterocycles. The Hall–Kier alpha value is -2.03. The summed E-state index contributed by atoms with van der Waals surface area (Å²) in [6.45, 7) is 14.0. The van der Waals surface area contributed by atoms with Crippen molar-refractivity contribution in [3.8, 4) is 5.75 Å². The van der Waals surface area contributed by atoms with Gasteiger partial charge in [0.15, 0.2) is 0 Å². The van der Waals surface area contributed by atoms with E-state index in [-0.39, 0.29) is 17.4 Å². The molecule has 0 radical (unpaired) electrons. The average molecular weight is 344 g/mol. The number of carbonyl (C=O) groups is 1. The lowest BCUT2D eigenvalue weighted by Gasteiger charge is -2.25. The molecule has 1 aromatic carbocycles. The molecule has 0 saturated carbocycles. The van der Waals surface area contributed by atoms with E-state index in [0.717, 1.165) is 31.2 Å². The Kier molecular flexibility index (Phi) is 9.04. The molecule has 138 valence electrons. The quantitative estimate of drug-likeness (QED) is 0.415. The molecular formula is C22H32O3. The van der Waals surface area contributed by atoms with Crippen LogP contribution in [-0.4, -0.2) is 17.2 Å². The Bertz CT molecular complexity index is 577. The number of ether oxygens (including phenoxy) is 1. The first-order valence-electron chi connectivity index (χ1n) is 9.18. The molecule has 0 amide bonds. The van der Waals surface area contributed by atoms with Gasteiger partial charge in [0.1, 0.15) is 17.4 Å². The minimum absolute atomic E-state index is 0.0346. The highest BCUT2D eigenvalue weighted by Gasteiger charge is 2.24. The van der Waals surface area contributed by atoms with Crippen molar-refractivity contribution >= 4 is 5.97 Å². The Morgan fingerprint density at radius 1 is 1.24 bits per heavy atom. The molecule has 1 rings (SSSR count). The van der Waals surface area contributed by atoms with E-state index in [1.807, 2.05) is 12.1 Å². The van der Waals surface area contributed by atoms with E-state index < -0.39 is 5.97 Å². The van der Waals surface area contributed by atoms with Crippen LogP contribution in [-0.2, 0) is 11.2 Å². The van der Waals surface area contributed by atoms with Gasteiger partial charge >= 0.3 is 5.97 Å². The van der Waals surface area contributed by atoms with Gasteiger partial charge in [-0.2, -0.15) is 0 Å². The number of allylic oxidation sites excluding steroid dienone is 2. The highest BCUT2D eigenvalue weighted by atomic mass is 16.5. The number of aromatic hydroxyl groups is 1. The first-order chi connectivity index (χ1) is 11.9. The Morgan fingerprint density at radius 2 is 1.96 bits per heavy atom. The largest absolute Gasteiger partial charge is 0.507 e. The normalized spacial score (nSPS) is 14.4. The van der Waals surface area contributed by atoms with E-state index in [0.29, 0.717) is 18.3 Å². The van der Waals surface area contributed by atoms with E-state index in [4.69, 9.17) is 4.74 Å². The maximum Gasteiger partial charge on any atom is 0.342 e. The second kappa shape index (κ2) is 10.8. The zero-order chi connectivity index (χ0) is 18.8. The first-order valence-corrected chi connectivity index (χ1v) is 9.18. The van der Waals surface area contributed by atoms with Crippen molar-refractivity contribution < 1.29 is 14.6 Å². The second-order valence-corrected chi connectivity index (χ2v) is 6.83. The van der Waals surface area contributed by atoms with Crippen molar-refractivity contribution in [2.24, 2.45) is 11.8 Å². The summed E-state index contributed by atoms with van der Waals surface area (Å²) in [6.07, 6.45) is 7.57. The number of benzene rings is 1. The Morgan fingerprint density at radius 3 is 2.56 bits per heavy atom. The monoisotopic (exact) mass is 344 g/mol. The molecule has 0 heterocycles. The van der Waals surface area contributed by atoms with Gasteiger partial charge in [0.25, 0.3) is 0 Å². The molecule has 3 heteroatoms. The first kappa shape index (κ1) is 21.0. The molecular weight excluding hydrogens is 312 g/mol. The standard InChI is InChI=1S/C22H32O3/c1-6-10-16(4)17(5)15-19(12-8-3)25-22(24)21-18(11-7-2)13-9-14-20(21)23/h6-7,9,13-14,16-17,19,23H,1-2,8,10-12,15H2,3-5H3/t16-,17?,19?/m0/s1. The molecule has 0 fully saturated rings. The zero-order valence-corrected chi connectivity index (χ0v) is 15.8. The number of esters is 1. The second-order valence-electron chi connectivity index (χ2n) is 6.83. The number of phenolic OH excluding ortho intramolecular Hbond substituents is 1. The van der Waals surface area contributed by atoms with Gasteiger partial charge in [-0.15, -0.1) is 13.2 Å². The van der Waals surface area contributed by atoms with Crippen LogP contribution in [0.2, 0.25) is 0 Å². The Balaban J connectivity index is 2.89. The van der Waals surface area contributed by atoms with E-state index in [9.17, 15) is 9.90 Å². The summed E-state index contributed by atoms with van der Waals surface area (Å²) in [5, 5.41) is 10.1. The molecule has 0 saturated heterocycles. The fourth-order valence-corrected chi connectivity index (χ4v) is 3.05. The molecule has 1 N–H and O–H groups in total. The van der Waals surface area contributed by atoms with Gasteiger partial charge in [0.2, 0.25) is 0 Å². The van der Waals surface area contributed by atoms with Crippen LogP contribution in [0.15, 0.2) is 43.5 Å². The van der Waals surface area contributed by atoms with Crippen LogP contribution in [0.3, 0.4) is 0 Å². The summed E-state index contributed by atoms with van der Waals surface area (Å²) in [4.78, 5) is 12.7. The minimum atomic E-state index is -0.447. The fourth-order valence-electron chi connectivity index (χ4n) is 3.05. The molecule has 0 spiro atoms. The fraction of sp³-hybridized carbons (Fsp3) is 0.500. The number of phenols is 1. The van der Waals surface area contributed by atoms with Gasteiger partial charge in [-0.1, -0.05) is 51.5 Å². The third kappa shape index (κ3) is 6.41. The number of rotatable bonds is 11. The van der Waals surface area contributed by atoms with Crippen LogP contribution in [0.4, 0.5) is 0 Å². The van der Waals surface area contributed by atoms with Gasteiger partial charge in [0.05, 0.1) is 0 Å². The molecule has 3 nitrogen and oxygen atoms in total. The molecule has 0 aliphatic rings. The Labute approximate surface area is 152 Å². The van der Waals surface area contributed by atoms with Gasteiger partial charge in [0, 0.05) is 0 Å². The van der Waals surface area contributed by atoms with Crippen molar-refractivity contribution in [3.63, 3.8) is 0 Å². The molecule has 3 atom stereocenters. The maximum atomic E-state index is 12.7. The lowest BCUT2D eigenvalue weighted by molar-refractivity contribution is 0.0199. The summed E-state index contributed by atoms with van der Waals surface area (Å²) in [7, 11) is 0. The summed E-state index contributed by atoms with van der Waals surface area (Å²) >= 11 is 0. The molecule has 0 bridgehead atoms. The molecule has 2 unspecified atom stereocenters. The third-order valence-electron chi connectivity index (χ3n) is 4.73. The molecule has 0 aliphatic carbocycles. The minimum Gasteiger partial charge on any atom is -0.507 e. The zero-order valence-electron chi connectivity index (χ0n) is 15.8. The van der Waals surface area contributed by atoms with Crippen LogP contribution < -0.4 is 0 Å². The topological polar surface area (TPSA) is 46.5 Å². The van der Waals surface area contributed by atoms with E-state index in [2.05, 4.69) is 33.9 Å². The maximum absolute atomic E-state index is 12.7. The van der Waals surface area contributed by atoms with E-state index in [1.54, 1.807) is 12.1 Å². The highest BCUT2D eigenvalue weighted by molar-refractivity contribution is 5.94. The highest BCUT2D eigenvalue weighted by Crippen LogP contribution is 2.27. The van der Waals surface area contributed by atoms with Crippen molar-refractivity contribution in [2.75, 3.05) is 0 Å². The summed E-state index contributed by atoms with van der Waals surface area (Å²) < 4.78 is 5.78. The van der Waals surface area contributed by atoms with Gasteiger partial charge < -0.3 is 9.84 Å².